The molecule has 1 saturated heterocycles. The van der Waals surface area contributed by atoms with Crippen LogP contribution in [0.25, 0.3) is 0 Å². The quantitative estimate of drug-likeness (QED) is 0.779. The molecule has 0 aliphatic carbocycles. The first-order chi connectivity index (χ1) is 9.28. The van der Waals surface area contributed by atoms with Gasteiger partial charge in [-0.2, -0.15) is 0 Å². The standard InChI is InChI=1S/C15H18ClNO2/c16-8-11-3-5-17(6-4-11)15(18)12-1-2-13-9-19-10-14(13)7-12/h1-2,7,11H,3-6,8-10H2. The zero-order valence-electron chi connectivity index (χ0n) is 10.9. The van der Waals surface area contributed by atoms with Gasteiger partial charge in [0, 0.05) is 24.5 Å². The molecule has 0 radical (unpaired) electrons. The fourth-order valence-corrected chi connectivity index (χ4v) is 3.09. The molecule has 2 aliphatic heterocycles. The van der Waals surface area contributed by atoms with E-state index in [1.54, 1.807) is 0 Å². The van der Waals surface area contributed by atoms with Gasteiger partial charge in [-0.25, -0.2) is 0 Å². The van der Waals surface area contributed by atoms with Crippen LogP contribution >= 0.6 is 11.6 Å². The highest BCUT2D eigenvalue weighted by atomic mass is 35.5. The SMILES string of the molecule is O=C(c1ccc2c(c1)COC2)N1CCC(CCl)CC1. The number of fused-ring (bicyclic) bond motifs is 1. The number of carbonyl (C=O) groups excluding carboxylic acids is 1. The number of piperidine rings is 1. The van der Waals surface area contributed by atoms with Gasteiger partial charge in [-0.3, -0.25) is 4.79 Å². The summed E-state index contributed by atoms with van der Waals surface area (Å²) in [6.45, 7) is 2.95. The molecule has 0 atom stereocenters. The maximum Gasteiger partial charge on any atom is 0.253 e. The number of benzene rings is 1. The van der Waals surface area contributed by atoms with E-state index in [4.69, 9.17) is 16.3 Å². The highest BCUT2D eigenvalue weighted by Crippen LogP contribution is 2.24. The zero-order chi connectivity index (χ0) is 13.2. The Bertz CT molecular complexity index is 481. The lowest BCUT2D eigenvalue weighted by molar-refractivity contribution is 0.0698. The van der Waals surface area contributed by atoms with Crippen molar-refractivity contribution in [2.75, 3.05) is 19.0 Å². The van der Waals surface area contributed by atoms with Crippen LogP contribution in [-0.4, -0.2) is 29.8 Å². The van der Waals surface area contributed by atoms with Crippen molar-refractivity contribution < 1.29 is 9.53 Å². The Hall–Kier alpha value is -1.06. The van der Waals surface area contributed by atoms with Crippen LogP contribution in [0.5, 0.6) is 0 Å². The van der Waals surface area contributed by atoms with E-state index in [1.807, 2.05) is 23.1 Å². The number of ether oxygens (including phenoxy) is 1. The second kappa shape index (κ2) is 5.51. The lowest BCUT2D eigenvalue weighted by atomic mass is 9.98. The highest BCUT2D eigenvalue weighted by Gasteiger charge is 2.24. The predicted octanol–water partition coefficient (Wildman–Crippen LogP) is 2.81. The fourth-order valence-electron chi connectivity index (χ4n) is 2.78. The van der Waals surface area contributed by atoms with Gasteiger partial charge in [0.2, 0.25) is 0 Å². The Morgan fingerprint density at radius 2 is 2.00 bits per heavy atom. The molecule has 2 aliphatic rings. The van der Waals surface area contributed by atoms with Gasteiger partial charge in [0.25, 0.3) is 5.91 Å². The van der Waals surface area contributed by atoms with Crippen molar-refractivity contribution in [3.63, 3.8) is 0 Å². The normalized spacial score (nSPS) is 19.5. The summed E-state index contributed by atoms with van der Waals surface area (Å²) in [5.41, 5.74) is 3.15. The number of rotatable bonds is 2. The summed E-state index contributed by atoms with van der Waals surface area (Å²) in [4.78, 5) is 14.4. The van der Waals surface area contributed by atoms with E-state index in [9.17, 15) is 4.79 Å². The molecule has 1 fully saturated rings. The molecular formula is C15H18ClNO2. The molecule has 0 saturated carbocycles. The third kappa shape index (κ3) is 2.63. The van der Waals surface area contributed by atoms with Gasteiger partial charge >= 0.3 is 0 Å². The fraction of sp³-hybridized carbons (Fsp3) is 0.533. The van der Waals surface area contributed by atoms with E-state index in [1.165, 1.54) is 5.56 Å². The summed E-state index contributed by atoms with van der Waals surface area (Å²) in [5, 5.41) is 0. The monoisotopic (exact) mass is 279 g/mol. The number of nitrogens with zero attached hydrogens (tertiary/aromatic N) is 1. The van der Waals surface area contributed by atoms with Gasteiger partial charge in [0.1, 0.15) is 0 Å². The Balaban J connectivity index is 1.70. The van der Waals surface area contributed by atoms with E-state index in [2.05, 4.69) is 0 Å². The molecule has 3 nitrogen and oxygen atoms in total. The Morgan fingerprint density at radius 3 is 2.74 bits per heavy atom. The largest absolute Gasteiger partial charge is 0.372 e. The minimum absolute atomic E-state index is 0.141. The Labute approximate surface area is 118 Å². The molecule has 1 aromatic carbocycles. The molecule has 0 N–H and O–H groups in total. The van der Waals surface area contributed by atoms with Crippen molar-refractivity contribution in [1.29, 1.82) is 0 Å². The first-order valence-corrected chi connectivity index (χ1v) is 7.36. The summed E-state index contributed by atoms with van der Waals surface area (Å²) in [7, 11) is 0. The van der Waals surface area contributed by atoms with E-state index < -0.39 is 0 Å². The van der Waals surface area contributed by atoms with Gasteiger partial charge in [-0.05, 0) is 42.0 Å². The van der Waals surface area contributed by atoms with Crippen LogP contribution in [0.4, 0.5) is 0 Å². The third-order valence-corrected chi connectivity index (χ3v) is 4.52. The van der Waals surface area contributed by atoms with E-state index in [-0.39, 0.29) is 5.91 Å². The molecular weight excluding hydrogens is 262 g/mol. The summed E-state index contributed by atoms with van der Waals surface area (Å²) in [5.74, 6) is 1.42. The Kier molecular flexibility index (Phi) is 3.76. The summed E-state index contributed by atoms with van der Waals surface area (Å²) in [6, 6.07) is 5.92. The van der Waals surface area contributed by atoms with Gasteiger partial charge < -0.3 is 9.64 Å². The molecule has 1 aromatic rings. The number of halogens is 1. The van der Waals surface area contributed by atoms with Crippen LogP contribution < -0.4 is 0 Å². The van der Waals surface area contributed by atoms with Crippen LogP contribution in [0, 0.1) is 5.92 Å². The average Bonchev–Trinajstić information content (AvgIpc) is 2.94. The lowest BCUT2D eigenvalue weighted by Gasteiger charge is -2.31. The van der Waals surface area contributed by atoms with Gasteiger partial charge in [-0.15, -0.1) is 11.6 Å². The number of likely N-dealkylation sites (tertiary alicyclic amines) is 1. The molecule has 0 bridgehead atoms. The van der Waals surface area contributed by atoms with Crippen molar-refractivity contribution >= 4 is 17.5 Å². The molecule has 4 heteroatoms. The van der Waals surface area contributed by atoms with Crippen molar-refractivity contribution in [2.45, 2.75) is 26.1 Å². The maximum absolute atomic E-state index is 12.4. The maximum atomic E-state index is 12.4. The minimum Gasteiger partial charge on any atom is -0.372 e. The minimum atomic E-state index is 0.141. The average molecular weight is 280 g/mol. The molecule has 2 heterocycles. The lowest BCUT2D eigenvalue weighted by Crippen LogP contribution is -2.38. The molecule has 102 valence electrons. The molecule has 0 aromatic heterocycles. The molecule has 0 spiro atoms. The predicted molar refractivity (Wildman–Crippen MR) is 74.3 cm³/mol. The van der Waals surface area contributed by atoms with Crippen molar-refractivity contribution in [3.8, 4) is 0 Å². The van der Waals surface area contributed by atoms with Gasteiger partial charge in [0.15, 0.2) is 0 Å². The first kappa shape index (κ1) is 12.9. The molecule has 19 heavy (non-hydrogen) atoms. The van der Waals surface area contributed by atoms with Gasteiger partial charge in [0.05, 0.1) is 13.2 Å². The zero-order valence-corrected chi connectivity index (χ0v) is 11.7. The van der Waals surface area contributed by atoms with E-state index in [0.717, 1.165) is 37.1 Å². The van der Waals surface area contributed by atoms with E-state index >= 15 is 0 Å². The summed E-state index contributed by atoms with van der Waals surface area (Å²) >= 11 is 5.87. The molecule has 0 unspecified atom stereocenters. The second-order valence-electron chi connectivity index (χ2n) is 5.37. The smallest absolute Gasteiger partial charge is 0.253 e. The van der Waals surface area contributed by atoms with Crippen LogP contribution in [0.3, 0.4) is 0 Å². The summed E-state index contributed by atoms with van der Waals surface area (Å²) < 4.78 is 5.38. The van der Waals surface area contributed by atoms with Crippen molar-refractivity contribution in [3.05, 3.63) is 34.9 Å². The molecule has 3 rings (SSSR count). The highest BCUT2D eigenvalue weighted by molar-refractivity contribution is 6.18. The first-order valence-electron chi connectivity index (χ1n) is 6.82. The number of amides is 1. The Morgan fingerprint density at radius 1 is 1.26 bits per heavy atom. The number of hydrogen-bond donors (Lipinski definition) is 0. The molecule has 1 amide bonds. The second-order valence-corrected chi connectivity index (χ2v) is 5.67. The van der Waals surface area contributed by atoms with Crippen molar-refractivity contribution in [2.24, 2.45) is 5.92 Å². The van der Waals surface area contributed by atoms with E-state index in [0.29, 0.717) is 25.0 Å². The number of carbonyl (C=O) groups is 1. The summed E-state index contributed by atoms with van der Waals surface area (Å²) in [6.07, 6.45) is 2.03. The van der Waals surface area contributed by atoms with Crippen LogP contribution in [0.15, 0.2) is 18.2 Å². The number of alkyl halides is 1. The van der Waals surface area contributed by atoms with Crippen LogP contribution in [0.1, 0.15) is 34.3 Å². The van der Waals surface area contributed by atoms with Gasteiger partial charge in [-0.1, -0.05) is 6.07 Å². The topological polar surface area (TPSA) is 29.5 Å². The van der Waals surface area contributed by atoms with Crippen LogP contribution in [-0.2, 0) is 18.0 Å². The van der Waals surface area contributed by atoms with Crippen LogP contribution in [0.2, 0.25) is 0 Å². The number of hydrogen-bond acceptors (Lipinski definition) is 2. The van der Waals surface area contributed by atoms with Crippen molar-refractivity contribution in [1.82, 2.24) is 4.90 Å². The third-order valence-electron chi connectivity index (χ3n) is 4.09.